The molecular weight excluding hydrogens is 288 g/mol. The molecule has 0 saturated carbocycles. The number of ether oxygens (including phenoxy) is 2. The van der Waals surface area contributed by atoms with Crippen molar-refractivity contribution in [1.82, 2.24) is 0 Å². The molecule has 1 aliphatic heterocycles. The van der Waals surface area contributed by atoms with Gasteiger partial charge >= 0.3 is 5.97 Å². The van der Waals surface area contributed by atoms with E-state index in [2.05, 4.69) is 0 Å². The molecule has 0 aromatic heterocycles. The van der Waals surface area contributed by atoms with Crippen LogP contribution in [0.25, 0.3) is 0 Å². The quantitative estimate of drug-likeness (QED) is 0.494. The van der Waals surface area contributed by atoms with Crippen molar-refractivity contribution >= 4 is 17.6 Å². The highest BCUT2D eigenvalue weighted by Crippen LogP contribution is 2.60. The molecule has 2 aromatic rings. The van der Waals surface area contributed by atoms with E-state index >= 15 is 0 Å². The number of epoxide rings is 1. The van der Waals surface area contributed by atoms with Crippen molar-refractivity contribution in [2.75, 3.05) is 7.11 Å². The lowest BCUT2D eigenvalue weighted by Gasteiger charge is -2.15. The molecule has 1 heterocycles. The number of hydrogen-bond donors (Lipinski definition) is 0. The van der Waals surface area contributed by atoms with Crippen LogP contribution in [0.3, 0.4) is 0 Å². The Morgan fingerprint density at radius 2 is 1.67 bits per heavy atom. The molecule has 1 fully saturated rings. The third-order valence-electron chi connectivity index (χ3n) is 3.78. The summed E-state index contributed by atoms with van der Waals surface area (Å²) in [6.07, 6.45) is 0.510. The molecule has 0 bridgehead atoms. The Hall–Kier alpha value is -1.84. The van der Waals surface area contributed by atoms with Gasteiger partial charge in [-0.2, -0.15) is 0 Å². The minimum absolute atomic E-state index is 0.510. The van der Waals surface area contributed by atoms with Crippen LogP contribution in [0.4, 0.5) is 0 Å². The molecule has 0 N–H and O–H groups in total. The zero-order valence-electron chi connectivity index (χ0n) is 11.6. The fourth-order valence-corrected chi connectivity index (χ4v) is 3.02. The molecule has 0 amide bonds. The zero-order chi connectivity index (χ0) is 14.9. The van der Waals surface area contributed by atoms with E-state index in [1.165, 1.54) is 7.11 Å². The van der Waals surface area contributed by atoms with E-state index in [1.807, 2.05) is 60.7 Å². The van der Waals surface area contributed by atoms with Crippen molar-refractivity contribution in [3.8, 4) is 0 Å². The van der Waals surface area contributed by atoms with E-state index in [4.69, 9.17) is 21.1 Å². The van der Waals surface area contributed by atoms with Crippen LogP contribution in [-0.4, -0.2) is 18.1 Å². The molecule has 2 unspecified atom stereocenters. The molecule has 2 atom stereocenters. The zero-order valence-corrected chi connectivity index (χ0v) is 12.3. The lowest BCUT2D eigenvalue weighted by Crippen LogP contribution is -2.30. The molecule has 0 radical (unpaired) electrons. The summed E-state index contributed by atoms with van der Waals surface area (Å²) in [6.45, 7) is 0. The number of esters is 1. The Morgan fingerprint density at radius 1 is 1.10 bits per heavy atom. The average Bonchev–Trinajstić information content (AvgIpc) is 3.15. The van der Waals surface area contributed by atoms with Gasteiger partial charge in [-0.1, -0.05) is 72.3 Å². The smallest absolute Gasteiger partial charge is 0.357 e. The summed E-state index contributed by atoms with van der Waals surface area (Å²) in [7, 11) is 1.31. The molecule has 108 valence electrons. The molecule has 0 aliphatic carbocycles. The third-order valence-corrected chi connectivity index (χ3v) is 4.31. The number of halogens is 1. The second-order valence-corrected chi connectivity index (χ2v) is 5.58. The predicted octanol–water partition coefficient (Wildman–Crippen LogP) is 3.26. The molecule has 2 aromatic carbocycles. The van der Waals surface area contributed by atoms with Gasteiger partial charge in [-0.3, -0.25) is 0 Å². The summed E-state index contributed by atoms with van der Waals surface area (Å²) >= 11 is 6.41. The minimum atomic E-state index is -1.46. The van der Waals surface area contributed by atoms with Crippen molar-refractivity contribution in [3.05, 3.63) is 71.8 Å². The summed E-state index contributed by atoms with van der Waals surface area (Å²) in [4.78, 5) is 12.0. The number of methoxy groups -OCH3 is 1. The van der Waals surface area contributed by atoms with E-state index in [-0.39, 0.29) is 0 Å². The van der Waals surface area contributed by atoms with Crippen molar-refractivity contribution < 1.29 is 14.3 Å². The summed E-state index contributed by atoms with van der Waals surface area (Å²) in [5.74, 6) is -0.566. The normalized spacial score (nSPS) is 27.1. The van der Waals surface area contributed by atoms with Crippen LogP contribution in [0.5, 0.6) is 0 Å². The maximum absolute atomic E-state index is 12.0. The SMILES string of the molecule is COC(=O)C1(Cl)OC1(Cc1ccccc1)c1ccccc1. The van der Waals surface area contributed by atoms with Crippen LogP contribution in [0.15, 0.2) is 60.7 Å². The maximum Gasteiger partial charge on any atom is 0.357 e. The lowest BCUT2D eigenvalue weighted by atomic mass is 9.88. The first-order valence-electron chi connectivity index (χ1n) is 6.69. The van der Waals surface area contributed by atoms with Gasteiger partial charge in [-0.25, -0.2) is 4.79 Å². The lowest BCUT2D eigenvalue weighted by molar-refractivity contribution is -0.143. The number of alkyl halides is 1. The number of benzene rings is 2. The first kappa shape index (κ1) is 14.1. The van der Waals surface area contributed by atoms with Crippen molar-refractivity contribution in [2.24, 2.45) is 0 Å². The standard InChI is InChI=1S/C17H15ClO3/c1-20-15(19)17(18)16(21-17,14-10-6-3-7-11-14)12-13-8-4-2-5-9-13/h2-11H,12H2,1H3. The van der Waals surface area contributed by atoms with Gasteiger partial charge in [0.15, 0.2) is 5.60 Å². The van der Waals surface area contributed by atoms with E-state index in [0.29, 0.717) is 6.42 Å². The van der Waals surface area contributed by atoms with E-state index in [9.17, 15) is 4.79 Å². The fourth-order valence-electron chi connectivity index (χ4n) is 2.64. The molecule has 1 aliphatic rings. The van der Waals surface area contributed by atoms with E-state index in [0.717, 1.165) is 11.1 Å². The van der Waals surface area contributed by atoms with Crippen LogP contribution >= 0.6 is 11.6 Å². The number of hydrogen-bond acceptors (Lipinski definition) is 3. The number of carbonyl (C=O) groups is 1. The topological polar surface area (TPSA) is 38.8 Å². The van der Waals surface area contributed by atoms with Crippen LogP contribution < -0.4 is 0 Å². The molecule has 3 nitrogen and oxygen atoms in total. The number of carbonyl (C=O) groups excluding carboxylic acids is 1. The monoisotopic (exact) mass is 302 g/mol. The van der Waals surface area contributed by atoms with Gasteiger partial charge in [0.25, 0.3) is 5.06 Å². The van der Waals surface area contributed by atoms with Gasteiger partial charge in [0.1, 0.15) is 0 Å². The third kappa shape index (κ3) is 2.23. The van der Waals surface area contributed by atoms with Crippen LogP contribution in [0.2, 0.25) is 0 Å². The van der Waals surface area contributed by atoms with Gasteiger partial charge in [-0.05, 0) is 11.1 Å². The van der Waals surface area contributed by atoms with Gasteiger partial charge in [-0.15, -0.1) is 0 Å². The Balaban J connectivity index is 2.00. The average molecular weight is 303 g/mol. The summed E-state index contributed by atoms with van der Waals surface area (Å²) in [5, 5.41) is -1.46. The first-order valence-corrected chi connectivity index (χ1v) is 7.07. The predicted molar refractivity (Wildman–Crippen MR) is 80.0 cm³/mol. The first-order chi connectivity index (χ1) is 10.1. The fraction of sp³-hybridized carbons (Fsp3) is 0.235. The van der Waals surface area contributed by atoms with Crippen molar-refractivity contribution in [3.63, 3.8) is 0 Å². The van der Waals surface area contributed by atoms with Gasteiger partial charge < -0.3 is 9.47 Å². The van der Waals surface area contributed by atoms with Crippen molar-refractivity contribution in [1.29, 1.82) is 0 Å². The van der Waals surface area contributed by atoms with Gasteiger partial charge in [0.2, 0.25) is 0 Å². The molecule has 21 heavy (non-hydrogen) atoms. The largest absolute Gasteiger partial charge is 0.466 e. The molecular formula is C17H15ClO3. The maximum atomic E-state index is 12.0. The Morgan fingerprint density at radius 3 is 2.24 bits per heavy atom. The highest BCUT2D eigenvalue weighted by atomic mass is 35.5. The molecule has 0 spiro atoms. The van der Waals surface area contributed by atoms with Crippen LogP contribution in [0, 0.1) is 0 Å². The van der Waals surface area contributed by atoms with Gasteiger partial charge in [0, 0.05) is 6.42 Å². The highest BCUT2D eigenvalue weighted by Gasteiger charge is 2.76. The summed E-state index contributed by atoms with van der Waals surface area (Å²) in [6, 6.07) is 19.4. The molecule has 3 rings (SSSR count). The summed E-state index contributed by atoms with van der Waals surface area (Å²) < 4.78 is 10.5. The molecule has 4 heteroatoms. The Labute approximate surface area is 128 Å². The molecule has 1 saturated heterocycles. The van der Waals surface area contributed by atoms with E-state index in [1.54, 1.807) is 0 Å². The van der Waals surface area contributed by atoms with E-state index < -0.39 is 16.6 Å². The Kier molecular flexibility index (Phi) is 3.47. The van der Waals surface area contributed by atoms with Gasteiger partial charge in [0.05, 0.1) is 7.11 Å². The minimum Gasteiger partial charge on any atom is -0.466 e. The summed E-state index contributed by atoms with van der Waals surface area (Å²) in [5.41, 5.74) is 1.03. The Bertz CT molecular complexity index is 644. The van der Waals surface area contributed by atoms with Crippen LogP contribution in [0.1, 0.15) is 11.1 Å². The van der Waals surface area contributed by atoms with Crippen molar-refractivity contribution in [2.45, 2.75) is 17.1 Å². The second-order valence-electron chi connectivity index (χ2n) is 5.04. The second kappa shape index (κ2) is 5.17. The van der Waals surface area contributed by atoms with Crippen LogP contribution in [-0.2, 0) is 26.3 Å². The highest BCUT2D eigenvalue weighted by molar-refractivity contribution is 6.36. The number of rotatable bonds is 4.